The number of ketones is 1. The fourth-order valence-corrected chi connectivity index (χ4v) is 6.02. The van der Waals surface area contributed by atoms with E-state index in [0.717, 1.165) is 6.07 Å². The molecule has 11 N–H and O–H groups in total. The van der Waals surface area contributed by atoms with Crippen LogP contribution in [0.3, 0.4) is 0 Å². The highest BCUT2D eigenvalue weighted by atomic mass is 16.7. The summed E-state index contributed by atoms with van der Waals surface area (Å²) in [6.07, 6.45) is -19.3. The molecule has 0 saturated carbocycles. The van der Waals surface area contributed by atoms with Crippen molar-refractivity contribution in [2.75, 3.05) is 13.2 Å². The molecule has 12 atom stereocenters. The smallest absolute Gasteiger partial charge is 0.229 e. The molecule has 5 rings (SSSR count). The molecule has 2 aromatic carbocycles. The van der Waals surface area contributed by atoms with E-state index in [4.69, 9.17) is 23.7 Å². The molecular formula is C32H42O17. The third-order valence-electron chi connectivity index (χ3n) is 8.94. The van der Waals surface area contributed by atoms with Gasteiger partial charge in [-0.25, -0.2) is 0 Å². The molecule has 2 saturated heterocycles. The van der Waals surface area contributed by atoms with Crippen molar-refractivity contribution in [1.82, 2.24) is 0 Å². The van der Waals surface area contributed by atoms with Gasteiger partial charge in [0, 0.05) is 11.6 Å². The molecule has 2 aromatic rings. The van der Waals surface area contributed by atoms with E-state index in [-0.39, 0.29) is 35.7 Å². The number of carbonyl (C=O) groups excluding carboxylic acids is 1. The predicted octanol–water partition coefficient (Wildman–Crippen LogP) is -2.52. The summed E-state index contributed by atoms with van der Waals surface area (Å²) in [6, 6.07) is 6.50. The third-order valence-corrected chi connectivity index (χ3v) is 8.94. The van der Waals surface area contributed by atoms with Gasteiger partial charge in [-0.15, -0.1) is 0 Å². The highest BCUT2D eigenvalue weighted by molar-refractivity contribution is 6.06. The summed E-state index contributed by atoms with van der Waals surface area (Å²) in [7, 11) is 0. The van der Waals surface area contributed by atoms with Gasteiger partial charge >= 0.3 is 0 Å². The minimum absolute atomic E-state index is 0.00819. The SMILES string of the molecule is CC(C)(CCc1c(O[C@@H]2O[C@H](CO)[C@@H](O)[C@H](O)[C@H]2O)cc(O)c2c1OC(c1ccc(O)cc1)C(O)C2=O)O[C@@H]1O[C@H](CO)[C@@H](O)[C@H](O)[C@H]1O. The average Bonchev–Trinajstić information content (AvgIpc) is 3.06. The second-order valence-corrected chi connectivity index (χ2v) is 12.9. The zero-order chi connectivity index (χ0) is 35.9. The number of aromatic hydroxyl groups is 2. The van der Waals surface area contributed by atoms with Crippen LogP contribution in [-0.4, -0.2) is 148 Å². The first-order valence-corrected chi connectivity index (χ1v) is 15.6. The fourth-order valence-electron chi connectivity index (χ4n) is 6.02. The quantitative estimate of drug-likeness (QED) is 0.122. The molecule has 0 amide bonds. The van der Waals surface area contributed by atoms with Crippen LogP contribution in [0.15, 0.2) is 30.3 Å². The predicted molar refractivity (Wildman–Crippen MR) is 162 cm³/mol. The largest absolute Gasteiger partial charge is 0.508 e. The Morgan fingerprint density at radius 1 is 0.776 bits per heavy atom. The number of fused-ring (bicyclic) bond motifs is 1. The van der Waals surface area contributed by atoms with Crippen LogP contribution in [0.4, 0.5) is 0 Å². The van der Waals surface area contributed by atoms with Crippen molar-refractivity contribution in [3.63, 3.8) is 0 Å². The van der Waals surface area contributed by atoms with Gasteiger partial charge in [-0.05, 0) is 44.4 Å². The lowest BCUT2D eigenvalue weighted by molar-refractivity contribution is -0.323. The molecule has 2 unspecified atom stereocenters. The maximum Gasteiger partial charge on any atom is 0.229 e. The summed E-state index contributed by atoms with van der Waals surface area (Å²) < 4.78 is 29.0. The van der Waals surface area contributed by atoms with E-state index in [1.54, 1.807) is 13.8 Å². The number of Topliss-reactive ketones (excluding diaryl/α,β-unsaturated/α-hetero) is 1. The van der Waals surface area contributed by atoms with Crippen LogP contribution in [-0.2, 0) is 20.6 Å². The molecule has 17 heteroatoms. The number of aliphatic hydroxyl groups is 9. The monoisotopic (exact) mass is 698 g/mol. The Labute approximate surface area is 279 Å². The topological polar surface area (TPSA) is 286 Å². The lowest BCUT2D eigenvalue weighted by Crippen LogP contribution is -2.60. The van der Waals surface area contributed by atoms with Crippen molar-refractivity contribution in [2.45, 2.75) is 106 Å². The van der Waals surface area contributed by atoms with E-state index >= 15 is 0 Å². The summed E-state index contributed by atoms with van der Waals surface area (Å²) in [5.74, 6) is -2.12. The van der Waals surface area contributed by atoms with Crippen molar-refractivity contribution >= 4 is 5.78 Å². The first-order valence-electron chi connectivity index (χ1n) is 15.6. The number of phenols is 2. The molecule has 0 spiro atoms. The number of phenolic OH excluding ortho intramolecular Hbond substituents is 2. The van der Waals surface area contributed by atoms with Gasteiger partial charge in [0.2, 0.25) is 12.1 Å². The van der Waals surface area contributed by atoms with E-state index in [2.05, 4.69) is 0 Å². The van der Waals surface area contributed by atoms with Crippen molar-refractivity contribution in [3.05, 3.63) is 47.0 Å². The van der Waals surface area contributed by atoms with Crippen LogP contribution in [0.1, 0.15) is 47.9 Å². The number of aliphatic hydroxyl groups excluding tert-OH is 9. The molecule has 2 fully saturated rings. The van der Waals surface area contributed by atoms with Gasteiger partial charge < -0.3 is 79.9 Å². The Kier molecular flexibility index (Phi) is 11.0. The van der Waals surface area contributed by atoms with E-state index in [9.17, 15) is 61.0 Å². The lowest BCUT2D eigenvalue weighted by atomic mass is 9.88. The van der Waals surface area contributed by atoms with E-state index in [1.165, 1.54) is 24.3 Å². The zero-order valence-corrected chi connectivity index (χ0v) is 26.5. The second kappa shape index (κ2) is 14.6. The average molecular weight is 699 g/mol. The summed E-state index contributed by atoms with van der Waals surface area (Å²) in [4.78, 5) is 13.5. The Morgan fingerprint density at radius 3 is 1.90 bits per heavy atom. The number of carbonyl (C=O) groups is 1. The van der Waals surface area contributed by atoms with Gasteiger partial charge in [-0.1, -0.05) is 12.1 Å². The van der Waals surface area contributed by atoms with Crippen molar-refractivity contribution in [3.8, 4) is 23.0 Å². The van der Waals surface area contributed by atoms with Crippen LogP contribution >= 0.6 is 0 Å². The molecule has 0 bridgehead atoms. The number of hydrogen-bond donors (Lipinski definition) is 11. The normalized spacial score (nSPS) is 35.0. The maximum atomic E-state index is 13.5. The summed E-state index contributed by atoms with van der Waals surface area (Å²) >= 11 is 0. The first kappa shape index (κ1) is 37.1. The number of ether oxygens (including phenoxy) is 5. The Balaban J connectivity index is 1.51. The van der Waals surface area contributed by atoms with Crippen LogP contribution in [0.2, 0.25) is 0 Å². The van der Waals surface area contributed by atoms with E-state index < -0.39 is 110 Å². The first-order chi connectivity index (χ1) is 23.1. The van der Waals surface area contributed by atoms with Crippen molar-refractivity contribution in [1.29, 1.82) is 0 Å². The summed E-state index contributed by atoms with van der Waals surface area (Å²) in [5, 5.41) is 113. The zero-order valence-electron chi connectivity index (χ0n) is 26.5. The molecule has 0 radical (unpaired) electrons. The molecule has 49 heavy (non-hydrogen) atoms. The van der Waals surface area contributed by atoms with Gasteiger partial charge in [0.15, 0.2) is 18.5 Å². The Bertz CT molecular complexity index is 1460. The second-order valence-electron chi connectivity index (χ2n) is 12.9. The van der Waals surface area contributed by atoms with Crippen LogP contribution in [0, 0.1) is 0 Å². The minimum atomic E-state index is -1.84. The summed E-state index contributed by atoms with van der Waals surface area (Å²) in [6.45, 7) is 1.76. The number of hydrogen-bond acceptors (Lipinski definition) is 17. The van der Waals surface area contributed by atoms with Gasteiger partial charge in [-0.3, -0.25) is 4.79 Å². The van der Waals surface area contributed by atoms with Gasteiger partial charge in [0.05, 0.1) is 18.8 Å². The van der Waals surface area contributed by atoms with Gasteiger partial charge in [-0.2, -0.15) is 0 Å². The molecular weight excluding hydrogens is 656 g/mol. The Hall–Kier alpha value is -3.17. The molecule has 0 aromatic heterocycles. The van der Waals surface area contributed by atoms with Crippen LogP contribution in [0.5, 0.6) is 23.0 Å². The van der Waals surface area contributed by atoms with Crippen molar-refractivity contribution < 1.29 is 84.7 Å². The fraction of sp³-hybridized carbons (Fsp3) is 0.594. The van der Waals surface area contributed by atoms with Crippen LogP contribution in [0.25, 0.3) is 0 Å². The van der Waals surface area contributed by atoms with Gasteiger partial charge in [0.25, 0.3) is 0 Å². The minimum Gasteiger partial charge on any atom is -0.508 e. The Morgan fingerprint density at radius 2 is 1.33 bits per heavy atom. The molecule has 272 valence electrons. The summed E-state index contributed by atoms with van der Waals surface area (Å²) in [5.41, 5.74) is -1.25. The molecule has 17 nitrogen and oxygen atoms in total. The molecule has 3 heterocycles. The van der Waals surface area contributed by atoms with Gasteiger partial charge in [0.1, 0.15) is 77.4 Å². The standard InChI is InChI=1S/C32H42O17/c1-32(2,49-31-27(44)24(41)21(38)18(11-34)47-31)8-7-14-16(45-30-26(43)23(40)20(37)17(10-33)46-30)9-15(36)19-22(39)25(42)28(48-29(14)19)12-3-5-13(35)6-4-12/h3-6,9,17-18,20-21,23-28,30-31,33-38,40-44H,7-8,10-11H2,1-2H3/t17-,18-,20-,21-,23+,24+,25?,26-,27-,28?,30-,31+/m1/s1. The van der Waals surface area contributed by atoms with E-state index in [0.29, 0.717) is 5.56 Å². The lowest BCUT2D eigenvalue weighted by Gasteiger charge is -2.42. The number of benzene rings is 2. The maximum absolute atomic E-state index is 13.5. The van der Waals surface area contributed by atoms with Crippen LogP contribution < -0.4 is 9.47 Å². The van der Waals surface area contributed by atoms with Crippen molar-refractivity contribution in [2.24, 2.45) is 0 Å². The number of rotatable bonds is 10. The molecule has 0 aliphatic carbocycles. The molecule has 3 aliphatic rings. The van der Waals surface area contributed by atoms with E-state index in [1.807, 2.05) is 0 Å². The highest BCUT2D eigenvalue weighted by Crippen LogP contribution is 2.47. The third kappa shape index (κ3) is 7.34. The highest BCUT2D eigenvalue weighted by Gasteiger charge is 2.48. The molecule has 3 aliphatic heterocycles.